The van der Waals surface area contributed by atoms with Crippen molar-refractivity contribution in [3.63, 3.8) is 0 Å². The van der Waals surface area contributed by atoms with Crippen LogP contribution in [0.5, 0.6) is 5.75 Å². The minimum absolute atomic E-state index is 0.631. The maximum absolute atomic E-state index is 5.35. The second kappa shape index (κ2) is 10.4. The van der Waals surface area contributed by atoms with Crippen molar-refractivity contribution in [2.24, 2.45) is 4.99 Å². The van der Waals surface area contributed by atoms with Gasteiger partial charge in [0, 0.05) is 19.5 Å². The molecule has 0 saturated carbocycles. The summed E-state index contributed by atoms with van der Waals surface area (Å²) >= 11 is 0. The molecule has 0 amide bonds. The molecule has 130 valence electrons. The van der Waals surface area contributed by atoms with Crippen molar-refractivity contribution in [1.82, 2.24) is 10.6 Å². The molecule has 1 heterocycles. The van der Waals surface area contributed by atoms with E-state index < -0.39 is 0 Å². The maximum atomic E-state index is 5.35. The fourth-order valence-electron chi connectivity index (χ4n) is 2.22. The van der Waals surface area contributed by atoms with Crippen molar-refractivity contribution in [2.75, 3.05) is 20.2 Å². The topological polar surface area (TPSA) is 58.8 Å². The number of nitrogens with one attached hydrogen (secondary N) is 2. The Morgan fingerprint density at radius 2 is 1.92 bits per heavy atom. The molecule has 2 aromatic rings. The van der Waals surface area contributed by atoms with E-state index in [0.29, 0.717) is 6.54 Å². The van der Waals surface area contributed by atoms with Gasteiger partial charge >= 0.3 is 0 Å². The van der Waals surface area contributed by atoms with Crippen LogP contribution in [0.4, 0.5) is 0 Å². The van der Waals surface area contributed by atoms with Gasteiger partial charge in [0.05, 0.1) is 19.9 Å². The zero-order valence-corrected chi connectivity index (χ0v) is 14.5. The Labute approximate surface area is 144 Å². The quantitative estimate of drug-likeness (QED) is 0.421. The van der Waals surface area contributed by atoms with Gasteiger partial charge in [0.2, 0.25) is 0 Å². The molecule has 1 aromatic carbocycles. The van der Waals surface area contributed by atoms with Gasteiger partial charge in [-0.15, -0.1) is 0 Å². The number of furan rings is 1. The van der Waals surface area contributed by atoms with E-state index in [1.54, 1.807) is 13.4 Å². The molecular formula is C19H27N3O2. The van der Waals surface area contributed by atoms with Crippen LogP contribution in [0.25, 0.3) is 0 Å². The first-order valence-electron chi connectivity index (χ1n) is 8.49. The van der Waals surface area contributed by atoms with Gasteiger partial charge < -0.3 is 19.8 Å². The van der Waals surface area contributed by atoms with E-state index in [9.17, 15) is 0 Å². The fraction of sp³-hybridized carbons (Fsp3) is 0.421. The van der Waals surface area contributed by atoms with E-state index in [-0.39, 0.29) is 0 Å². The van der Waals surface area contributed by atoms with Crippen LogP contribution in [0, 0.1) is 0 Å². The van der Waals surface area contributed by atoms with Crippen LogP contribution in [-0.2, 0) is 13.0 Å². The molecule has 0 spiro atoms. The third kappa shape index (κ3) is 6.36. The van der Waals surface area contributed by atoms with Crippen molar-refractivity contribution in [3.05, 3.63) is 54.0 Å². The molecule has 2 N–H and O–H groups in total. The SMILES string of the molecule is CCCCNC(=NCc1ccc(OC)cc1)NCCc1ccco1. The first kappa shape index (κ1) is 17.9. The Kier molecular flexibility index (Phi) is 7.74. The highest BCUT2D eigenvalue weighted by Crippen LogP contribution is 2.11. The molecule has 0 fully saturated rings. The van der Waals surface area contributed by atoms with Crippen LogP contribution in [0.1, 0.15) is 31.1 Å². The van der Waals surface area contributed by atoms with E-state index in [4.69, 9.17) is 9.15 Å². The predicted octanol–water partition coefficient (Wildman–Crippen LogP) is 3.37. The lowest BCUT2D eigenvalue weighted by Crippen LogP contribution is -2.38. The van der Waals surface area contributed by atoms with Gasteiger partial charge in [-0.25, -0.2) is 4.99 Å². The minimum atomic E-state index is 0.631. The Morgan fingerprint density at radius 1 is 1.12 bits per heavy atom. The number of hydrogen-bond acceptors (Lipinski definition) is 3. The van der Waals surface area contributed by atoms with Gasteiger partial charge in [-0.05, 0) is 36.2 Å². The molecule has 0 atom stereocenters. The molecule has 2 rings (SSSR count). The van der Waals surface area contributed by atoms with Crippen LogP contribution in [-0.4, -0.2) is 26.2 Å². The summed E-state index contributed by atoms with van der Waals surface area (Å²) in [4.78, 5) is 4.66. The number of hydrogen-bond donors (Lipinski definition) is 2. The van der Waals surface area contributed by atoms with Crippen LogP contribution in [0.2, 0.25) is 0 Å². The molecular weight excluding hydrogens is 302 g/mol. The lowest BCUT2D eigenvalue weighted by molar-refractivity contribution is 0.414. The van der Waals surface area contributed by atoms with Gasteiger partial charge in [0.25, 0.3) is 0 Å². The lowest BCUT2D eigenvalue weighted by atomic mass is 10.2. The Morgan fingerprint density at radius 3 is 2.58 bits per heavy atom. The van der Waals surface area contributed by atoms with E-state index in [1.165, 1.54) is 0 Å². The van der Waals surface area contributed by atoms with E-state index in [2.05, 4.69) is 22.5 Å². The number of nitrogens with zero attached hydrogens (tertiary/aromatic N) is 1. The Bertz CT molecular complexity index is 592. The van der Waals surface area contributed by atoms with E-state index in [0.717, 1.165) is 55.4 Å². The van der Waals surface area contributed by atoms with Crippen LogP contribution < -0.4 is 15.4 Å². The second-order valence-corrected chi connectivity index (χ2v) is 5.55. The smallest absolute Gasteiger partial charge is 0.191 e. The lowest BCUT2D eigenvalue weighted by Gasteiger charge is -2.12. The van der Waals surface area contributed by atoms with Crippen molar-refractivity contribution < 1.29 is 9.15 Å². The average molecular weight is 329 g/mol. The molecule has 5 heteroatoms. The van der Waals surface area contributed by atoms with Gasteiger partial charge in [0.1, 0.15) is 11.5 Å². The predicted molar refractivity (Wildman–Crippen MR) is 97.5 cm³/mol. The molecule has 5 nitrogen and oxygen atoms in total. The van der Waals surface area contributed by atoms with Crippen molar-refractivity contribution in [1.29, 1.82) is 0 Å². The Balaban J connectivity index is 1.87. The second-order valence-electron chi connectivity index (χ2n) is 5.55. The molecule has 0 unspecified atom stereocenters. The highest BCUT2D eigenvalue weighted by molar-refractivity contribution is 5.79. The third-order valence-electron chi connectivity index (χ3n) is 3.65. The van der Waals surface area contributed by atoms with Crippen molar-refractivity contribution in [3.8, 4) is 5.75 Å². The maximum Gasteiger partial charge on any atom is 0.191 e. The molecule has 0 saturated heterocycles. The highest BCUT2D eigenvalue weighted by Gasteiger charge is 2.01. The van der Waals surface area contributed by atoms with Crippen LogP contribution in [0.15, 0.2) is 52.1 Å². The highest BCUT2D eigenvalue weighted by atomic mass is 16.5. The summed E-state index contributed by atoms with van der Waals surface area (Å²) in [5, 5.41) is 6.74. The van der Waals surface area contributed by atoms with Gasteiger partial charge in [-0.3, -0.25) is 0 Å². The molecule has 24 heavy (non-hydrogen) atoms. The summed E-state index contributed by atoms with van der Waals surface area (Å²) in [6.07, 6.45) is 4.82. The first-order valence-corrected chi connectivity index (χ1v) is 8.49. The number of benzene rings is 1. The van der Waals surface area contributed by atoms with E-state index >= 15 is 0 Å². The molecule has 0 aliphatic heterocycles. The van der Waals surface area contributed by atoms with E-state index in [1.807, 2.05) is 36.4 Å². The molecule has 1 aromatic heterocycles. The van der Waals surface area contributed by atoms with Crippen molar-refractivity contribution >= 4 is 5.96 Å². The summed E-state index contributed by atoms with van der Waals surface area (Å²) in [5.41, 5.74) is 1.15. The number of unbranched alkanes of at least 4 members (excludes halogenated alkanes) is 1. The molecule has 0 aliphatic rings. The standard InChI is InChI=1S/C19H27N3O2/c1-3-4-12-20-19(21-13-11-18-6-5-14-24-18)22-15-16-7-9-17(23-2)10-8-16/h5-10,14H,3-4,11-13,15H2,1-2H3,(H2,20,21,22). The zero-order chi connectivity index (χ0) is 17.0. The Hall–Kier alpha value is -2.43. The van der Waals surface area contributed by atoms with Crippen LogP contribution in [0.3, 0.4) is 0 Å². The first-order chi connectivity index (χ1) is 11.8. The summed E-state index contributed by atoms with van der Waals surface area (Å²) in [7, 11) is 1.67. The number of ether oxygens (including phenoxy) is 1. The summed E-state index contributed by atoms with van der Waals surface area (Å²) < 4.78 is 10.5. The molecule has 0 bridgehead atoms. The van der Waals surface area contributed by atoms with Gasteiger partial charge in [-0.1, -0.05) is 25.5 Å². The minimum Gasteiger partial charge on any atom is -0.497 e. The number of guanidine groups is 1. The number of aliphatic imine (C=N–C) groups is 1. The number of rotatable bonds is 9. The third-order valence-corrected chi connectivity index (χ3v) is 3.65. The molecule has 0 radical (unpaired) electrons. The summed E-state index contributed by atoms with van der Waals surface area (Å²) in [6, 6.07) is 11.9. The van der Waals surface area contributed by atoms with Gasteiger partial charge in [-0.2, -0.15) is 0 Å². The number of methoxy groups -OCH3 is 1. The monoisotopic (exact) mass is 329 g/mol. The van der Waals surface area contributed by atoms with Gasteiger partial charge in [0.15, 0.2) is 5.96 Å². The average Bonchev–Trinajstić information content (AvgIpc) is 3.13. The normalized spacial score (nSPS) is 11.3. The fourth-order valence-corrected chi connectivity index (χ4v) is 2.22. The summed E-state index contributed by atoms with van der Waals surface area (Å²) in [6.45, 7) is 4.52. The summed E-state index contributed by atoms with van der Waals surface area (Å²) in [5.74, 6) is 2.68. The van der Waals surface area contributed by atoms with Crippen molar-refractivity contribution in [2.45, 2.75) is 32.7 Å². The largest absolute Gasteiger partial charge is 0.497 e. The molecule has 0 aliphatic carbocycles. The zero-order valence-electron chi connectivity index (χ0n) is 14.5. The van der Waals surface area contributed by atoms with Crippen LogP contribution >= 0.6 is 0 Å².